The maximum absolute atomic E-state index is 12.5. The van der Waals surface area contributed by atoms with Crippen LogP contribution in [0.25, 0.3) is 10.8 Å². The quantitative estimate of drug-likeness (QED) is 0.616. The molecule has 1 aliphatic heterocycles. The van der Waals surface area contributed by atoms with Crippen molar-refractivity contribution in [2.24, 2.45) is 0 Å². The number of likely N-dealkylation sites (tertiary alicyclic amines) is 1. The number of hydrogen-bond acceptors (Lipinski definition) is 3. The summed E-state index contributed by atoms with van der Waals surface area (Å²) >= 11 is 0. The molecule has 1 amide bonds. The zero-order valence-electron chi connectivity index (χ0n) is 16.4. The highest BCUT2D eigenvalue weighted by Crippen LogP contribution is 2.18. The van der Waals surface area contributed by atoms with Crippen molar-refractivity contribution in [3.8, 4) is 0 Å². The topological polar surface area (TPSA) is 79.7 Å². The third kappa shape index (κ3) is 5.53. The number of quaternary nitrogens is 1. The van der Waals surface area contributed by atoms with Gasteiger partial charge in [-0.2, -0.15) is 0 Å². The van der Waals surface area contributed by atoms with Crippen LogP contribution in [0.15, 0.2) is 47.4 Å². The van der Waals surface area contributed by atoms with Crippen molar-refractivity contribution in [2.75, 3.05) is 26.2 Å². The highest BCUT2D eigenvalue weighted by molar-refractivity contribution is 7.89. The molecule has 3 N–H and O–H groups in total. The van der Waals surface area contributed by atoms with Crippen LogP contribution >= 0.6 is 0 Å². The van der Waals surface area contributed by atoms with E-state index in [1.165, 1.54) is 13.0 Å². The monoisotopic (exact) mass is 404 g/mol. The first-order valence-electron chi connectivity index (χ1n) is 10.1. The molecule has 2 aromatic rings. The summed E-state index contributed by atoms with van der Waals surface area (Å²) in [5.41, 5.74) is 0. The summed E-state index contributed by atoms with van der Waals surface area (Å²) in [6.45, 7) is 5.67. The predicted octanol–water partition coefficient (Wildman–Crippen LogP) is 1.08. The minimum Gasteiger partial charge on any atom is -0.353 e. The van der Waals surface area contributed by atoms with E-state index in [1.54, 1.807) is 23.1 Å². The Kier molecular flexibility index (Phi) is 7.04. The number of fused-ring (bicyclic) bond motifs is 1. The second-order valence-corrected chi connectivity index (χ2v) is 9.27. The molecule has 1 heterocycles. The number of carbonyl (C=O) groups excluding carboxylic acids is 1. The Hall–Kier alpha value is -1.96. The summed E-state index contributed by atoms with van der Waals surface area (Å²) in [5, 5.41) is 4.91. The molecule has 6 nitrogen and oxygen atoms in total. The lowest BCUT2D eigenvalue weighted by Gasteiger charge is -2.29. The van der Waals surface area contributed by atoms with Gasteiger partial charge in [0.1, 0.15) is 0 Å². The molecule has 0 saturated carbocycles. The van der Waals surface area contributed by atoms with Gasteiger partial charge in [0.05, 0.1) is 24.5 Å². The van der Waals surface area contributed by atoms with E-state index >= 15 is 0 Å². The number of nitrogens with one attached hydrogen (secondary N) is 3. The fourth-order valence-electron chi connectivity index (χ4n) is 3.79. The Morgan fingerprint density at radius 3 is 2.54 bits per heavy atom. The van der Waals surface area contributed by atoms with E-state index in [0.717, 1.165) is 36.7 Å². The molecule has 3 rings (SSSR count). The molecule has 1 saturated heterocycles. The number of carbonyl (C=O) groups is 1. The zero-order valence-corrected chi connectivity index (χ0v) is 17.2. The number of piperidine rings is 1. The smallest absolute Gasteiger partial charge is 0.240 e. The minimum atomic E-state index is -3.63. The van der Waals surface area contributed by atoms with Crippen molar-refractivity contribution in [1.82, 2.24) is 10.0 Å². The minimum absolute atomic E-state index is 0.0925. The first kappa shape index (κ1) is 20.8. The molecule has 0 bridgehead atoms. The van der Waals surface area contributed by atoms with Crippen molar-refractivity contribution >= 4 is 26.7 Å². The van der Waals surface area contributed by atoms with E-state index in [9.17, 15) is 13.2 Å². The van der Waals surface area contributed by atoms with Gasteiger partial charge in [-0.3, -0.25) is 4.79 Å². The van der Waals surface area contributed by atoms with Gasteiger partial charge < -0.3 is 10.2 Å². The molecule has 0 aliphatic carbocycles. The Morgan fingerprint density at radius 1 is 1.11 bits per heavy atom. The molecular formula is C21H30N3O3S+. The highest BCUT2D eigenvalue weighted by Gasteiger charge is 2.23. The molecule has 0 atom stereocenters. The first-order chi connectivity index (χ1) is 13.5. The molecule has 1 aliphatic rings. The number of sulfonamides is 1. The normalized spacial score (nSPS) is 20.2. The van der Waals surface area contributed by atoms with Crippen molar-refractivity contribution in [3.63, 3.8) is 0 Å². The van der Waals surface area contributed by atoms with E-state index in [-0.39, 0.29) is 29.8 Å². The maximum Gasteiger partial charge on any atom is 0.240 e. The van der Waals surface area contributed by atoms with Crippen molar-refractivity contribution < 1.29 is 18.1 Å². The van der Waals surface area contributed by atoms with E-state index < -0.39 is 10.0 Å². The molecule has 0 spiro atoms. The van der Waals surface area contributed by atoms with Crippen molar-refractivity contribution in [1.29, 1.82) is 0 Å². The average molecular weight is 405 g/mol. The van der Waals surface area contributed by atoms with Gasteiger partial charge in [-0.1, -0.05) is 37.3 Å². The van der Waals surface area contributed by atoms with Gasteiger partial charge in [-0.15, -0.1) is 0 Å². The predicted molar refractivity (Wildman–Crippen MR) is 111 cm³/mol. The fourth-order valence-corrected chi connectivity index (χ4v) is 4.86. The third-order valence-corrected chi connectivity index (χ3v) is 6.80. The third-order valence-electron chi connectivity index (χ3n) is 5.34. The molecule has 0 unspecified atom stereocenters. The molecule has 0 radical (unpaired) electrons. The summed E-state index contributed by atoms with van der Waals surface area (Å²) in [6, 6.07) is 12.9. The Morgan fingerprint density at radius 2 is 1.82 bits per heavy atom. The van der Waals surface area contributed by atoms with Crippen LogP contribution in [-0.2, 0) is 14.8 Å². The first-order valence-corrected chi connectivity index (χ1v) is 11.6. The van der Waals surface area contributed by atoms with E-state index in [1.807, 2.05) is 24.3 Å². The van der Waals surface area contributed by atoms with Gasteiger partial charge in [0, 0.05) is 31.8 Å². The second kappa shape index (κ2) is 9.49. The molecular weight excluding hydrogens is 374 g/mol. The number of benzene rings is 2. The molecule has 7 heteroatoms. The van der Waals surface area contributed by atoms with E-state index in [4.69, 9.17) is 0 Å². The van der Waals surface area contributed by atoms with E-state index in [0.29, 0.717) is 0 Å². The number of amides is 1. The second-order valence-electron chi connectivity index (χ2n) is 7.50. The van der Waals surface area contributed by atoms with Gasteiger partial charge in [-0.05, 0) is 29.3 Å². The fraction of sp³-hybridized carbons (Fsp3) is 0.476. The van der Waals surface area contributed by atoms with Crippen LogP contribution < -0.4 is 14.9 Å². The van der Waals surface area contributed by atoms with Gasteiger partial charge in [-0.25, -0.2) is 13.1 Å². The molecule has 1 fully saturated rings. The summed E-state index contributed by atoms with van der Waals surface area (Å²) in [6.07, 6.45) is 3.31. The summed E-state index contributed by atoms with van der Waals surface area (Å²) in [5.74, 6) is -0.0925. The lowest BCUT2D eigenvalue weighted by atomic mass is 10.0. The highest BCUT2D eigenvalue weighted by atomic mass is 32.2. The Bertz CT molecular complexity index is 906. The lowest BCUT2D eigenvalue weighted by Crippen LogP contribution is -3.13. The number of rotatable bonds is 8. The Balaban J connectivity index is 1.46. The van der Waals surface area contributed by atoms with Gasteiger partial charge in [0.15, 0.2) is 0 Å². The summed E-state index contributed by atoms with van der Waals surface area (Å²) < 4.78 is 27.5. The van der Waals surface area contributed by atoms with Crippen LogP contribution in [0.2, 0.25) is 0 Å². The molecule has 0 aromatic heterocycles. The van der Waals surface area contributed by atoms with Gasteiger partial charge in [0.2, 0.25) is 15.9 Å². The standard InChI is InChI=1S/C21H29N3O3S/c1-2-13-24-14-10-19(11-15-24)23-21(25)9-12-22-28(26,27)20-8-7-17-5-3-4-6-18(17)16-20/h3-8,16,19,22H,2,9-15H2,1H3,(H,23,25)/p+1. The van der Waals surface area contributed by atoms with Crippen molar-refractivity contribution in [3.05, 3.63) is 42.5 Å². The van der Waals surface area contributed by atoms with Crippen LogP contribution in [0.5, 0.6) is 0 Å². The van der Waals surface area contributed by atoms with Crippen LogP contribution in [0.3, 0.4) is 0 Å². The summed E-state index contributed by atoms with van der Waals surface area (Å²) in [4.78, 5) is 14.0. The SMILES string of the molecule is CCC[NH+]1CCC(NC(=O)CCNS(=O)(=O)c2ccc3ccccc3c2)CC1. The average Bonchev–Trinajstić information content (AvgIpc) is 2.69. The largest absolute Gasteiger partial charge is 0.353 e. The zero-order chi connectivity index (χ0) is 20.0. The van der Waals surface area contributed by atoms with Crippen LogP contribution in [0.4, 0.5) is 0 Å². The molecule has 28 heavy (non-hydrogen) atoms. The van der Waals surface area contributed by atoms with Gasteiger partial charge >= 0.3 is 0 Å². The van der Waals surface area contributed by atoms with Gasteiger partial charge in [0.25, 0.3) is 0 Å². The maximum atomic E-state index is 12.5. The molecule has 2 aromatic carbocycles. The summed E-state index contributed by atoms with van der Waals surface area (Å²) in [7, 11) is -3.63. The van der Waals surface area contributed by atoms with Crippen LogP contribution in [-0.4, -0.2) is 46.5 Å². The lowest BCUT2D eigenvalue weighted by molar-refractivity contribution is -0.905. The van der Waals surface area contributed by atoms with Crippen molar-refractivity contribution in [2.45, 2.75) is 43.5 Å². The van der Waals surface area contributed by atoms with Crippen LogP contribution in [0.1, 0.15) is 32.6 Å². The molecule has 152 valence electrons. The van der Waals surface area contributed by atoms with E-state index in [2.05, 4.69) is 17.0 Å². The number of hydrogen-bond donors (Lipinski definition) is 3. The Labute approximate surface area is 167 Å². The van der Waals surface area contributed by atoms with Crippen LogP contribution in [0, 0.1) is 0 Å².